The molecule has 0 saturated heterocycles. The molecule has 0 aliphatic heterocycles. The Morgan fingerprint density at radius 3 is 2.90 bits per heavy atom. The van der Waals surface area contributed by atoms with Crippen LogP contribution in [0.5, 0.6) is 0 Å². The monoisotopic (exact) mass is 292 g/mol. The molecule has 1 aromatic heterocycles. The Bertz CT molecular complexity index is 556. The zero-order chi connectivity index (χ0) is 14.5. The number of rotatable bonds is 6. The predicted molar refractivity (Wildman–Crippen MR) is 79.8 cm³/mol. The lowest BCUT2D eigenvalue weighted by Gasteiger charge is -2.11. The highest BCUT2D eigenvalue weighted by molar-refractivity contribution is 7.98. The van der Waals surface area contributed by atoms with E-state index in [9.17, 15) is 5.11 Å². The van der Waals surface area contributed by atoms with Crippen LogP contribution < -0.4 is 0 Å². The van der Waals surface area contributed by atoms with Gasteiger partial charge in [0, 0.05) is 4.90 Å². The van der Waals surface area contributed by atoms with Gasteiger partial charge in [-0.25, -0.2) is 0 Å². The van der Waals surface area contributed by atoms with Gasteiger partial charge in [-0.15, -0.1) is 11.8 Å². The summed E-state index contributed by atoms with van der Waals surface area (Å²) in [5.74, 6) is 1.73. The van der Waals surface area contributed by atoms with Crippen molar-refractivity contribution in [1.29, 1.82) is 0 Å². The van der Waals surface area contributed by atoms with Crippen molar-refractivity contribution in [2.45, 2.75) is 49.9 Å². The van der Waals surface area contributed by atoms with E-state index in [1.165, 1.54) is 10.5 Å². The smallest absolute Gasteiger partial charge is 0.232 e. The van der Waals surface area contributed by atoms with Crippen LogP contribution in [0.1, 0.15) is 43.5 Å². The Morgan fingerprint density at radius 2 is 2.20 bits per heavy atom. The van der Waals surface area contributed by atoms with Gasteiger partial charge in [-0.05, 0) is 25.5 Å². The van der Waals surface area contributed by atoms with Gasteiger partial charge in [-0.3, -0.25) is 0 Å². The number of thioether (sulfide) groups is 1. The van der Waals surface area contributed by atoms with Crippen LogP contribution in [0.4, 0.5) is 0 Å². The van der Waals surface area contributed by atoms with Crippen LogP contribution in [-0.2, 0) is 5.75 Å². The fourth-order valence-electron chi connectivity index (χ4n) is 1.88. The molecule has 0 bridgehead atoms. The Kier molecular flexibility index (Phi) is 5.20. The molecular weight excluding hydrogens is 272 g/mol. The molecule has 1 heterocycles. The summed E-state index contributed by atoms with van der Waals surface area (Å²) in [7, 11) is 0. The first-order chi connectivity index (χ1) is 9.60. The van der Waals surface area contributed by atoms with Crippen molar-refractivity contribution in [2.24, 2.45) is 0 Å². The topological polar surface area (TPSA) is 59.2 Å². The maximum atomic E-state index is 9.79. The van der Waals surface area contributed by atoms with Crippen LogP contribution in [0, 0.1) is 6.92 Å². The van der Waals surface area contributed by atoms with Gasteiger partial charge in [0.25, 0.3) is 0 Å². The molecule has 2 unspecified atom stereocenters. The molecule has 2 aromatic rings. The highest BCUT2D eigenvalue weighted by atomic mass is 32.2. The number of aryl methyl sites for hydroxylation is 1. The molecule has 0 saturated carbocycles. The highest BCUT2D eigenvalue weighted by Crippen LogP contribution is 2.24. The van der Waals surface area contributed by atoms with Gasteiger partial charge in [0.1, 0.15) is 0 Å². The maximum absolute atomic E-state index is 9.79. The van der Waals surface area contributed by atoms with Crippen LogP contribution in [0.15, 0.2) is 33.7 Å². The van der Waals surface area contributed by atoms with Crippen molar-refractivity contribution in [1.82, 2.24) is 10.1 Å². The minimum Gasteiger partial charge on any atom is -0.392 e. The number of nitrogens with zero attached hydrogens (tertiary/aromatic N) is 2. The van der Waals surface area contributed by atoms with Crippen LogP contribution in [-0.4, -0.2) is 21.4 Å². The fourth-order valence-corrected chi connectivity index (χ4v) is 2.74. The van der Waals surface area contributed by atoms with E-state index in [0.29, 0.717) is 23.9 Å². The van der Waals surface area contributed by atoms with Crippen molar-refractivity contribution in [2.75, 3.05) is 0 Å². The minimum atomic E-state index is -0.437. The Morgan fingerprint density at radius 1 is 1.40 bits per heavy atom. The van der Waals surface area contributed by atoms with Crippen LogP contribution in [0.3, 0.4) is 0 Å². The molecule has 2 rings (SSSR count). The van der Waals surface area contributed by atoms with E-state index < -0.39 is 6.10 Å². The molecule has 1 N–H and O–H groups in total. The lowest BCUT2D eigenvalue weighted by molar-refractivity contribution is 0.129. The lowest BCUT2D eigenvalue weighted by Crippen LogP contribution is -2.14. The number of hydrogen-bond donors (Lipinski definition) is 1. The normalized spacial score (nSPS) is 14.2. The summed E-state index contributed by atoms with van der Waals surface area (Å²) in [6.07, 6.45) is 0.240. The molecule has 5 heteroatoms. The molecule has 0 fully saturated rings. The summed E-state index contributed by atoms with van der Waals surface area (Å²) >= 11 is 1.68. The molecule has 0 aliphatic rings. The van der Waals surface area contributed by atoms with Gasteiger partial charge < -0.3 is 9.63 Å². The lowest BCUT2D eigenvalue weighted by atomic mass is 10.0. The van der Waals surface area contributed by atoms with E-state index in [1.54, 1.807) is 11.8 Å². The first kappa shape index (κ1) is 15.1. The van der Waals surface area contributed by atoms with E-state index in [0.717, 1.165) is 0 Å². The average molecular weight is 292 g/mol. The summed E-state index contributed by atoms with van der Waals surface area (Å²) in [5.41, 5.74) is 1.24. The zero-order valence-electron chi connectivity index (χ0n) is 12.0. The third kappa shape index (κ3) is 3.84. The van der Waals surface area contributed by atoms with Gasteiger partial charge in [-0.2, -0.15) is 4.98 Å². The summed E-state index contributed by atoms with van der Waals surface area (Å²) in [6, 6.07) is 8.32. The van der Waals surface area contributed by atoms with E-state index >= 15 is 0 Å². The second-order valence-electron chi connectivity index (χ2n) is 4.92. The van der Waals surface area contributed by atoms with E-state index in [-0.39, 0.29) is 5.92 Å². The summed E-state index contributed by atoms with van der Waals surface area (Å²) in [4.78, 5) is 5.55. The van der Waals surface area contributed by atoms with Crippen molar-refractivity contribution < 1.29 is 9.63 Å². The fraction of sp³-hybridized carbons (Fsp3) is 0.467. The third-order valence-corrected chi connectivity index (χ3v) is 4.22. The molecule has 4 nitrogen and oxygen atoms in total. The number of aliphatic hydroxyl groups excluding tert-OH is 1. The molecule has 0 radical (unpaired) electrons. The van der Waals surface area contributed by atoms with E-state index in [4.69, 9.17) is 4.52 Å². The summed E-state index contributed by atoms with van der Waals surface area (Å²) in [6.45, 7) is 5.91. The first-order valence-electron chi connectivity index (χ1n) is 6.80. The SMILES string of the molecule is CCC(O)C(C)c1nc(CSc2cccc(C)c2)no1. The second-order valence-corrected chi connectivity index (χ2v) is 5.97. The van der Waals surface area contributed by atoms with Crippen molar-refractivity contribution in [3.63, 3.8) is 0 Å². The van der Waals surface area contributed by atoms with E-state index in [1.807, 2.05) is 19.9 Å². The van der Waals surface area contributed by atoms with Crippen molar-refractivity contribution in [3.8, 4) is 0 Å². The Labute approximate surface area is 123 Å². The standard InChI is InChI=1S/C15H20N2O2S/c1-4-13(18)11(3)15-16-14(17-19-15)9-20-12-7-5-6-10(2)8-12/h5-8,11,13,18H,4,9H2,1-3H3. The molecule has 20 heavy (non-hydrogen) atoms. The van der Waals surface area contributed by atoms with Crippen molar-refractivity contribution >= 4 is 11.8 Å². The zero-order valence-corrected chi connectivity index (χ0v) is 12.9. The summed E-state index contributed by atoms with van der Waals surface area (Å²) in [5, 5.41) is 13.8. The van der Waals surface area contributed by atoms with Crippen molar-refractivity contribution in [3.05, 3.63) is 41.5 Å². The Balaban J connectivity index is 1.96. The average Bonchev–Trinajstić information content (AvgIpc) is 2.92. The van der Waals surface area contributed by atoms with Gasteiger partial charge in [0.15, 0.2) is 5.82 Å². The second kappa shape index (κ2) is 6.90. The molecule has 0 amide bonds. The first-order valence-corrected chi connectivity index (χ1v) is 7.78. The van der Waals surface area contributed by atoms with Crippen LogP contribution in [0.25, 0.3) is 0 Å². The molecule has 0 spiro atoms. The van der Waals surface area contributed by atoms with Crippen LogP contribution >= 0.6 is 11.8 Å². The van der Waals surface area contributed by atoms with Crippen LogP contribution in [0.2, 0.25) is 0 Å². The minimum absolute atomic E-state index is 0.120. The van der Waals surface area contributed by atoms with E-state index in [2.05, 4.69) is 35.3 Å². The predicted octanol–water partition coefficient (Wildman–Crippen LogP) is 3.54. The van der Waals surface area contributed by atoms with Gasteiger partial charge in [0.05, 0.1) is 17.8 Å². The number of hydrogen-bond acceptors (Lipinski definition) is 5. The highest BCUT2D eigenvalue weighted by Gasteiger charge is 2.20. The Hall–Kier alpha value is -1.33. The molecular formula is C15H20N2O2S. The summed E-state index contributed by atoms with van der Waals surface area (Å²) < 4.78 is 5.23. The quantitative estimate of drug-likeness (QED) is 0.825. The third-order valence-electron chi connectivity index (χ3n) is 3.23. The molecule has 108 valence electrons. The largest absolute Gasteiger partial charge is 0.392 e. The molecule has 1 aromatic carbocycles. The molecule has 0 aliphatic carbocycles. The van der Waals surface area contributed by atoms with Gasteiger partial charge in [0.2, 0.25) is 5.89 Å². The van der Waals surface area contributed by atoms with Gasteiger partial charge in [-0.1, -0.05) is 36.7 Å². The molecule has 2 atom stereocenters. The number of benzene rings is 1. The number of aromatic nitrogens is 2. The maximum Gasteiger partial charge on any atom is 0.232 e. The van der Waals surface area contributed by atoms with Gasteiger partial charge >= 0.3 is 0 Å². The number of aliphatic hydroxyl groups is 1.